The highest BCUT2D eigenvalue weighted by Gasteiger charge is 2.52. The van der Waals surface area contributed by atoms with Gasteiger partial charge in [0.1, 0.15) is 11.5 Å². The fourth-order valence-electron chi connectivity index (χ4n) is 4.60. The Bertz CT molecular complexity index is 1030. The molecule has 1 unspecified atom stereocenters. The number of benzene rings is 2. The molecule has 0 radical (unpaired) electrons. The molecular weight excluding hydrogens is 398 g/mol. The van der Waals surface area contributed by atoms with Crippen LogP contribution in [0.3, 0.4) is 0 Å². The van der Waals surface area contributed by atoms with Gasteiger partial charge in [0.2, 0.25) is 5.75 Å². The Labute approximate surface area is 181 Å². The van der Waals surface area contributed by atoms with Gasteiger partial charge in [0.25, 0.3) is 5.91 Å². The van der Waals surface area contributed by atoms with Crippen molar-refractivity contribution in [2.75, 3.05) is 14.2 Å². The number of fused-ring (bicyclic) bond motifs is 1. The van der Waals surface area contributed by atoms with E-state index in [1.807, 2.05) is 25.1 Å². The molecule has 1 heterocycles. The van der Waals surface area contributed by atoms with Crippen LogP contribution in [0.5, 0.6) is 17.2 Å². The normalized spacial score (nSPS) is 17.2. The Morgan fingerprint density at radius 3 is 2.45 bits per heavy atom. The molecule has 7 nitrogen and oxygen atoms in total. The van der Waals surface area contributed by atoms with E-state index in [-0.39, 0.29) is 5.91 Å². The first kappa shape index (κ1) is 21.0. The number of carbonyl (C=O) groups is 2. The van der Waals surface area contributed by atoms with Crippen molar-refractivity contribution in [2.24, 2.45) is 5.41 Å². The van der Waals surface area contributed by atoms with Gasteiger partial charge in [-0.3, -0.25) is 9.59 Å². The van der Waals surface area contributed by atoms with Crippen molar-refractivity contribution in [2.45, 2.75) is 45.3 Å². The van der Waals surface area contributed by atoms with Crippen LogP contribution in [0.2, 0.25) is 0 Å². The number of carboxylic acid groups (broad SMARTS) is 1. The third-order valence-corrected chi connectivity index (χ3v) is 6.52. The summed E-state index contributed by atoms with van der Waals surface area (Å²) in [5, 5.41) is 12.8. The van der Waals surface area contributed by atoms with E-state index in [1.54, 1.807) is 19.2 Å². The lowest BCUT2D eigenvalue weighted by Crippen LogP contribution is -2.50. The van der Waals surface area contributed by atoms with Gasteiger partial charge in [-0.25, -0.2) is 0 Å². The first-order valence-corrected chi connectivity index (χ1v) is 10.5. The molecule has 1 saturated carbocycles. The van der Waals surface area contributed by atoms with Gasteiger partial charge in [-0.05, 0) is 54.7 Å². The van der Waals surface area contributed by atoms with Crippen LogP contribution >= 0.6 is 0 Å². The van der Waals surface area contributed by atoms with E-state index >= 15 is 0 Å². The van der Waals surface area contributed by atoms with E-state index in [0.29, 0.717) is 48.6 Å². The summed E-state index contributed by atoms with van der Waals surface area (Å²) in [6, 6.07) is 9.31. The maximum absolute atomic E-state index is 12.1. The molecule has 1 fully saturated rings. The van der Waals surface area contributed by atoms with Crippen LogP contribution < -0.4 is 19.5 Å². The maximum atomic E-state index is 12.1. The largest absolute Gasteiger partial charge is 0.493 e. The highest BCUT2D eigenvalue weighted by atomic mass is 16.5. The van der Waals surface area contributed by atoms with E-state index in [9.17, 15) is 14.7 Å². The van der Waals surface area contributed by atoms with Crippen molar-refractivity contribution in [3.8, 4) is 28.4 Å². The lowest BCUT2D eigenvalue weighted by atomic mass is 9.64. The van der Waals surface area contributed by atoms with Crippen molar-refractivity contribution >= 4 is 11.9 Å². The van der Waals surface area contributed by atoms with Crippen molar-refractivity contribution < 1.29 is 28.9 Å². The van der Waals surface area contributed by atoms with Crippen molar-refractivity contribution in [3.05, 3.63) is 41.5 Å². The summed E-state index contributed by atoms with van der Waals surface area (Å²) >= 11 is 0. The Morgan fingerprint density at radius 1 is 1.13 bits per heavy atom. The van der Waals surface area contributed by atoms with E-state index in [1.165, 1.54) is 7.11 Å². The number of carboxylic acids is 1. The summed E-state index contributed by atoms with van der Waals surface area (Å²) in [5.41, 5.74) is 2.31. The van der Waals surface area contributed by atoms with Crippen molar-refractivity contribution in [1.82, 2.24) is 5.32 Å². The number of rotatable bonds is 8. The SMILES string of the molecule is CCC(Oc1c(-c2ccc3c(c2)CNC3=O)ccc(OC)c1OC)C1(C(=O)O)CCC1. The first-order chi connectivity index (χ1) is 14.9. The highest BCUT2D eigenvalue weighted by molar-refractivity contribution is 5.99. The molecule has 1 atom stereocenters. The molecule has 0 saturated heterocycles. The van der Waals surface area contributed by atoms with Gasteiger partial charge in [-0.15, -0.1) is 0 Å². The number of methoxy groups -OCH3 is 2. The molecule has 2 aromatic rings. The second-order valence-electron chi connectivity index (χ2n) is 8.06. The molecule has 2 aromatic carbocycles. The van der Waals surface area contributed by atoms with Gasteiger partial charge in [0, 0.05) is 17.7 Å². The zero-order valence-corrected chi connectivity index (χ0v) is 18.0. The number of aliphatic carboxylic acids is 1. The van der Waals surface area contributed by atoms with Gasteiger partial charge in [0.15, 0.2) is 11.5 Å². The van der Waals surface area contributed by atoms with Crippen LogP contribution in [0.4, 0.5) is 0 Å². The van der Waals surface area contributed by atoms with Crippen LogP contribution in [-0.4, -0.2) is 37.3 Å². The lowest BCUT2D eigenvalue weighted by molar-refractivity contribution is -0.163. The summed E-state index contributed by atoms with van der Waals surface area (Å²) in [6.45, 7) is 2.41. The van der Waals surface area contributed by atoms with E-state index in [4.69, 9.17) is 14.2 Å². The van der Waals surface area contributed by atoms with E-state index < -0.39 is 17.5 Å². The molecule has 0 bridgehead atoms. The lowest BCUT2D eigenvalue weighted by Gasteiger charge is -2.43. The average molecular weight is 425 g/mol. The number of nitrogens with one attached hydrogen (secondary N) is 1. The third kappa shape index (κ3) is 3.38. The van der Waals surface area contributed by atoms with Crippen molar-refractivity contribution in [3.63, 3.8) is 0 Å². The van der Waals surface area contributed by atoms with Crippen LogP contribution in [-0.2, 0) is 11.3 Å². The first-order valence-electron chi connectivity index (χ1n) is 10.5. The molecule has 7 heteroatoms. The Balaban J connectivity index is 1.82. The molecular formula is C24H27NO6. The Morgan fingerprint density at radius 2 is 1.87 bits per heavy atom. The van der Waals surface area contributed by atoms with Gasteiger partial charge in [-0.2, -0.15) is 0 Å². The van der Waals surface area contributed by atoms with E-state index in [0.717, 1.165) is 23.1 Å². The predicted molar refractivity (Wildman–Crippen MR) is 115 cm³/mol. The highest BCUT2D eigenvalue weighted by Crippen LogP contribution is 2.51. The second-order valence-corrected chi connectivity index (χ2v) is 8.06. The predicted octanol–water partition coefficient (Wildman–Crippen LogP) is 4.03. The molecule has 2 N–H and O–H groups in total. The number of ether oxygens (including phenoxy) is 3. The quantitative estimate of drug-likeness (QED) is 0.663. The van der Waals surface area contributed by atoms with Gasteiger partial charge in [-0.1, -0.05) is 19.4 Å². The van der Waals surface area contributed by atoms with Crippen LogP contribution in [0.1, 0.15) is 48.5 Å². The summed E-state index contributed by atoms with van der Waals surface area (Å²) in [5.74, 6) is 0.486. The van der Waals surface area contributed by atoms with Crippen LogP contribution in [0.25, 0.3) is 11.1 Å². The number of hydrogen-bond donors (Lipinski definition) is 2. The zero-order chi connectivity index (χ0) is 22.2. The second kappa shape index (κ2) is 8.13. The monoisotopic (exact) mass is 425 g/mol. The Hall–Kier alpha value is -3.22. The molecule has 0 spiro atoms. The standard InChI is InChI=1S/C24H27NO6/c1-4-19(24(23(27)28)10-5-11-24)31-20-16(8-9-18(29-2)21(20)30-3)14-6-7-17-15(12-14)13-25-22(17)26/h6-9,12,19H,4-5,10-11,13H2,1-3H3,(H,25,26)(H,27,28). The topological polar surface area (TPSA) is 94.1 Å². The van der Waals surface area contributed by atoms with Crippen LogP contribution in [0.15, 0.2) is 30.3 Å². The minimum atomic E-state index is -0.894. The molecule has 2 aliphatic rings. The molecule has 4 rings (SSSR count). The average Bonchev–Trinajstić information content (AvgIpc) is 3.11. The Kier molecular flexibility index (Phi) is 5.52. The molecule has 1 aliphatic heterocycles. The van der Waals surface area contributed by atoms with Crippen LogP contribution in [0, 0.1) is 5.41 Å². The molecule has 1 aliphatic carbocycles. The fourth-order valence-corrected chi connectivity index (χ4v) is 4.60. The zero-order valence-electron chi connectivity index (χ0n) is 18.0. The molecule has 0 aromatic heterocycles. The number of hydrogen-bond acceptors (Lipinski definition) is 5. The van der Waals surface area contributed by atoms with Gasteiger partial charge < -0.3 is 24.6 Å². The maximum Gasteiger partial charge on any atom is 0.313 e. The summed E-state index contributed by atoms with van der Waals surface area (Å²) in [7, 11) is 3.09. The minimum absolute atomic E-state index is 0.0789. The summed E-state index contributed by atoms with van der Waals surface area (Å²) < 4.78 is 17.6. The third-order valence-electron chi connectivity index (χ3n) is 6.52. The number of amides is 1. The summed E-state index contributed by atoms with van der Waals surface area (Å²) in [4.78, 5) is 24.0. The molecule has 1 amide bonds. The molecule has 164 valence electrons. The van der Waals surface area contributed by atoms with Gasteiger partial charge >= 0.3 is 5.97 Å². The fraction of sp³-hybridized carbons (Fsp3) is 0.417. The molecule has 31 heavy (non-hydrogen) atoms. The number of carbonyl (C=O) groups excluding carboxylic acids is 1. The minimum Gasteiger partial charge on any atom is -0.493 e. The van der Waals surface area contributed by atoms with E-state index in [2.05, 4.69) is 5.32 Å². The summed E-state index contributed by atoms with van der Waals surface area (Å²) in [6.07, 6.45) is 2.11. The van der Waals surface area contributed by atoms with Gasteiger partial charge in [0.05, 0.1) is 14.2 Å². The smallest absolute Gasteiger partial charge is 0.313 e. The van der Waals surface area contributed by atoms with Crippen molar-refractivity contribution in [1.29, 1.82) is 0 Å².